The number of hydrogen-bond donors (Lipinski definition) is 2. The first-order chi connectivity index (χ1) is 20.2. The van der Waals surface area contributed by atoms with Crippen LogP contribution in [0.25, 0.3) is 0 Å². The van der Waals surface area contributed by atoms with Gasteiger partial charge in [0.15, 0.2) is 23.2 Å². The number of Topliss-reactive ketones (excluding diaryl/α,β-unsaturated/α-hetero) is 1. The molecule has 0 bridgehead atoms. The predicted octanol–water partition coefficient (Wildman–Crippen LogP) is 3.28. The van der Waals surface area contributed by atoms with E-state index >= 15 is 0 Å². The highest BCUT2D eigenvalue weighted by atomic mass is 19.2. The number of esters is 1. The lowest BCUT2D eigenvalue weighted by Gasteiger charge is -2.31. The molecule has 0 saturated carbocycles. The number of ether oxygens (including phenoxy) is 2. The summed E-state index contributed by atoms with van der Waals surface area (Å²) in [6.45, 7) is 3.68. The summed E-state index contributed by atoms with van der Waals surface area (Å²) in [7, 11) is 0. The molecule has 3 rings (SSSR count). The number of rotatable bonds is 9. The zero-order valence-electron chi connectivity index (χ0n) is 23.7. The Morgan fingerprint density at radius 3 is 2.09 bits per heavy atom. The molecule has 1 heterocycles. The van der Waals surface area contributed by atoms with Crippen LogP contribution in [0.2, 0.25) is 0 Å². The lowest BCUT2D eigenvalue weighted by molar-refractivity contribution is -0.156. The number of hydrogen-bond acceptors (Lipinski definition) is 7. The van der Waals surface area contributed by atoms with E-state index in [1.54, 1.807) is 51.1 Å². The minimum Gasteiger partial charge on any atom is -0.479 e. The van der Waals surface area contributed by atoms with Gasteiger partial charge in [-0.3, -0.25) is 24.0 Å². The molecule has 10 nitrogen and oxygen atoms in total. The molecule has 43 heavy (non-hydrogen) atoms. The second-order valence-electron chi connectivity index (χ2n) is 10.8. The maximum absolute atomic E-state index is 14.0. The first-order valence-corrected chi connectivity index (χ1v) is 13.3. The van der Waals surface area contributed by atoms with Crippen molar-refractivity contribution in [3.05, 3.63) is 59.7 Å². The van der Waals surface area contributed by atoms with E-state index in [1.807, 2.05) is 0 Å². The third kappa shape index (κ3) is 9.25. The van der Waals surface area contributed by atoms with Gasteiger partial charge >= 0.3 is 17.8 Å². The number of nitrogens with one attached hydrogen (secondary N) is 2. The number of piperidine rings is 1. The highest BCUT2D eigenvalue weighted by Gasteiger charge is 2.34. The average Bonchev–Trinajstić information content (AvgIpc) is 2.94. The van der Waals surface area contributed by atoms with Gasteiger partial charge in [-0.1, -0.05) is 18.2 Å². The van der Waals surface area contributed by atoms with Crippen LogP contribution < -0.4 is 15.4 Å². The number of carbonyl (C=O) groups is 5. The Labute approximate surface area is 244 Å². The van der Waals surface area contributed by atoms with Crippen LogP contribution >= 0.6 is 0 Å². The second kappa shape index (κ2) is 14.1. The summed E-state index contributed by atoms with van der Waals surface area (Å²) in [5, 5.41) is 4.89. The molecule has 3 amide bonds. The topological polar surface area (TPSA) is 131 Å². The number of carbonyl (C=O) groups excluding carboxylic acids is 5. The van der Waals surface area contributed by atoms with Crippen LogP contribution in [-0.2, 0) is 28.7 Å². The maximum atomic E-state index is 14.0. The normalized spacial score (nSPS) is 14.4. The number of anilines is 1. The van der Waals surface area contributed by atoms with Gasteiger partial charge in [0.2, 0.25) is 17.5 Å². The van der Waals surface area contributed by atoms with E-state index in [2.05, 4.69) is 10.6 Å². The van der Waals surface area contributed by atoms with Crippen molar-refractivity contribution in [3.63, 3.8) is 0 Å². The van der Waals surface area contributed by atoms with Gasteiger partial charge in [0.25, 0.3) is 0 Å². The van der Waals surface area contributed by atoms with E-state index in [9.17, 15) is 41.5 Å². The molecule has 0 radical (unpaired) electrons. The van der Waals surface area contributed by atoms with Crippen molar-refractivity contribution in [2.45, 2.75) is 51.7 Å². The first kappa shape index (κ1) is 33.0. The highest BCUT2D eigenvalue weighted by Crippen LogP contribution is 2.26. The number of halogens is 4. The Hall–Kier alpha value is -4.49. The molecule has 1 saturated heterocycles. The Bertz CT molecular complexity index is 1350. The fraction of sp³-hybridized carbons (Fsp3) is 0.414. The summed E-state index contributed by atoms with van der Waals surface area (Å²) in [5.41, 5.74) is -0.504. The van der Waals surface area contributed by atoms with E-state index in [0.717, 1.165) is 0 Å². The molecule has 1 atom stereocenters. The summed E-state index contributed by atoms with van der Waals surface area (Å²) >= 11 is 0. The van der Waals surface area contributed by atoms with Gasteiger partial charge in [-0.05, 0) is 45.7 Å². The van der Waals surface area contributed by atoms with E-state index in [4.69, 9.17) is 9.47 Å². The van der Waals surface area contributed by atoms with Crippen molar-refractivity contribution in [1.29, 1.82) is 0 Å². The quantitative estimate of drug-likeness (QED) is 0.193. The largest absolute Gasteiger partial charge is 0.479 e. The zero-order valence-corrected chi connectivity index (χ0v) is 23.7. The smallest absolute Gasteiger partial charge is 0.313 e. The molecule has 1 aliphatic rings. The predicted molar refractivity (Wildman–Crippen MR) is 144 cm³/mol. The summed E-state index contributed by atoms with van der Waals surface area (Å²) in [6.07, 6.45) is -0.428. The van der Waals surface area contributed by atoms with Crippen molar-refractivity contribution >= 4 is 35.2 Å². The van der Waals surface area contributed by atoms with Gasteiger partial charge in [0, 0.05) is 30.8 Å². The van der Waals surface area contributed by atoms with Crippen LogP contribution in [0.3, 0.4) is 0 Å². The molecule has 0 aliphatic carbocycles. The molecule has 232 valence electrons. The van der Waals surface area contributed by atoms with Gasteiger partial charge < -0.3 is 25.0 Å². The van der Waals surface area contributed by atoms with E-state index in [1.165, 1.54) is 4.90 Å². The molecule has 2 aromatic rings. The summed E-state index contributed by atoms with van der Waals surface area (Å²) in [5.74, 6) is -13.6. The van der Waals surface area contributed by atoms with E-state index < -0.39 is 89.1 Å². The van der Waals surface area contributed by atoms with Gasteiger partial charge in [-0.25, -0.2) is 8.78 Å². The monoisotopic (exact) mass is 609 g/mol. The molecule has 14 heteroatoms. The first-order valence-electron chi connectivity index (χ1n) is 13.3. The Morgan fingerprint density at radius 1 is 0.953 bits per heavy atom. The van der Waals surface area contributed by atoms with Gasteiger partial charge in [0.1, 0.15) is 18.2 Å². The van der Waals surface area contributed by atoms with Crippen molar-refractivity contribution in [1.82, 2.24) is 10.2 Å². The molecular formula is C29H31F4N3O7. The van der Waals surface area contributed by atoms with Crippen LogP contribution in [0.15, 0.2) is 36.4 Å². The van der Waals surface area contributed by atoms with Gasteiger partial charge in [-0.2, -0.15) is 8.78 Å². The Balaban J connectivity index is 1.63. The molecule has 1 fully saturated rings. The third-order valence-corrected chi connectivity index (χ3v) is 6.31. The van der Waals surface area contributed by atoms with Crippen LogP contribution in [0, 0.1) is 29.2 Å². The van der Waals surface area contributed by atoms with Crippen molar-refractivity contribution < 1.29 is 51.0 Å². The van der Waals surface area contributed by atoms with E-state index in [0.29, 0.717) is 5.69 Å². The minimum absolute atomic E-state index is 0.0283. The number of likely N-dealkylation sites (tertiary alicyclic amines) is 1. The molecule has 2 N–H and O–H groups in total. The summed E-state index contributed by atoms with van der Waals surface area (Å²) in [4.78, 5) is 64.6. The zero-order chi connectivity index (χ0) is 31.9. The van der Waals surface area contributed by atoms with Crippen LogP contribution in [0.5, 0.6) is 5.75 Å². The van der Waals surface area contributed by atoms with Crippen LogP contribution in [0.1, 0.15) is 40.0 Å². The lowest BCUT2D eigenvalue weighted by atomic mass is 9.95. The van der Waals surface area contributed by atoms with Crippen molar-refractivity contribution in [3.8, 4) is 5.75 Å². The Morgan fingerprint density at radius 2 is 1.53 bits per heavy atom. The molecule has 0 unspecified atom stereocenters. The molecule has 0 aromatic heterocycles. The standard InChI is InChI=1S/C29H31F4N3O7/c1-29(2,3)43-22(38)14-20(21(37)15-42-25-23(32)18(30)13-19(31)24(25)33)35-26(39)16-9-11-36(12-10-16)28(41)27(40)34-17-7-5-4-6-8-17/h4-8,13,16,20H,9-12,14-15H2,1-3H3,(H,34,40)(H,35,39)/t20-/m0/s1. The second-order valence-corrected chi connectivity index (χ2v) is 10.8. The number of ketones is 1. The highest BCUT2D eigenvalue weighted by molar-refractivity contribution is 6.39. The van der Waals surface area contributed by atoms with Gasteiger partial charge in [-0.15, -0.1) is 0 Å². The number of amides is 3. The maximum Gasteiger partial charge on any atom is 0.313 e. The number of nitrogens with zero attached hydrogens (tertiary/aromatic N) is 1. The Kier molecular flexibility index (Phi) is 10.8. The number of para-hydroxylation sites is 1. The third-order valence-electron chi connectivity index (χ3n) is 6.31. The lowest BCUT2D eigenvalue weighted by Crippen LogP contribution is -2.50. The summed E-state index contributed by atoms with van der Waals surface area (Å²) in [6, 6.07) is 6.75. The fourth-order valence-electron chi connectivity index (χ4n) is 4.20. The molecule has 2 aromatic carbocycles. The van der Waals surface area contributed by atoms with Crippen LogP contribution in [0.4, 0.5) is 23.2 Å². The molecule has 1 aliphatic heterocycles. The average molecular weight is 610 g/mol. The fourth-order valence-corrected chi connectivity index (χ4v) is 4.20. The van der Waals surface area contributed by atoms with Crippen molar-refractivity contribution in [2.24, 2.45) is 5.92 Å². The van der Waals surface area contributed by atoms with E-state index in [-0.39, 0.29) is 32.0 Å². The summed E-state index contributed by atoms with van der Waals surface area (Å²) < 4.78 is 64.9. The molecular weight excluding hydrogens is 578 g/mol. The molecule has 0 spiro atoms. The van der Waals surface area contributed by atoms with Crippen LogP contribution in [-0.4, -0.2) is 65.7 Å². The minimum atomic E-state index is -1.86. The van der Waals surface area contributed by atoms with Gasteiger partial charge in [0.05, 0.1) is 6.42 Å². The number of benzene rings is 2. The van der Waals surface area contributed by atoms with Crippen molar-refractivity contribution in [2.75, 3.05) is 25.0 Å². The SMILES string of the molecule is CC(C)(C)OC(=O)C[C@H](NC(=O)C1CCN(C(=O)C(=O)Nc2ccccc2)CC1)C(=O)COc1c(F)c(F)cc(F)c1F.